The molecular weight excluding hydrogens is 593 g/mol. The summed E-state index contributed by atoms with van der Waals surface area (Å²) in [5, 5.41) is 3.88. The second-order valence-corrected chi connectivity index (χ2v) is 13.4. The highest BCUT2D eigenvalue weighted by molar-refractivity contribution is 7.92. The molecule has 1 aliphatic rings. The minimum absolute atomic E-state index is 0.0344. The van der Waals surface area contributed by atoms with Crippen LogP contribution in [-0.2, 0) is 26.2 Å². The minimum Gasteiger partial charge on any atom is -0.352 e. The molecular formula is C32H37Cl2N3O4S. The van der Waals surface area contributed by atoms with Crippen LogP contribution in [0.1, 0.15) is 56.6 Å². The first kappa shape index (κ1) is 31.9. The number of para-hydroxylation sites is 1. The number of aryl methyl sites for hydroxylation is 1. The summed E-state index contributed by atoms with van der Waals surface area (Å²) in [6.07, 6.45) is 5.43. The van der Waals surface area contributed by atoms with Crippen LogP contribution in [0.4, 0.5) is 5.69 Å². The highest BCUT2D eigenvalue weighted by Gasteiger charge is 2.35. The van der Waals surface area contributed by atoms with Crippen molar-refractivity contribution in [3.8, 4) is 0 Å². The average molecular weight is 631 g/mol. The maximum atomic E-state index is 14.2. The van der Waals surface area contributed by atoms with Gasteiger partial charge in [0, 0.05) is 17.6 Å². The predicted molar refractivity (Wildman–Crippen MR) is 168 cm³/mol. The predicted octanol–water partition coefficient (Wildman–Crippen LogP) is 6.75. The fraction of sp³-hybridized carbons (Fsp3) is 0.375. The number of anilines is 1. The number of nitrogens with one attached hydrogen (secondary N) is 1. The third kappa shape index (κ3) is 7.85. The molecule has 0 saturated heterocycles. The molecule has 1 saturated carbocycles. The van der Waals surface area contributed by atoms with Gasteiger partial charge in [-0.05, 0) is 68.1 Å². The Bertz CT molecular complexity index is 1470. The molecule has 1 N–H and O–H groups in total. The standard InChI is InChI=1S/C32H37Cl2N3O4S/c1-3-29(32(39)35-26-9-5-4-6-10-26)36(21-24-15-17-25(33)18-16-24)31(38)22-37(30-12-8-7-11-28(30)34)42(40,41)27-19-13-23(2)14-20-27/h7-8,11-20,26,29H,3-6,9-10,21-22H2,1-2H3,(H,35,39). The van der Waals surface area contributed by atoms with Gasteiger partial charge in [0.15, 0.2) is 0 Å². The molecule has 1 unspecified atom stereocenters. The van der Waals surface area contributed by atoms with E-state index in [-0.39, 0.29) is 34.1 Å². The van der Waals surface area contributed by atoms with Crippen LogP contribution in [-0.4, -0.2) is 43.8 Å². The van der Waals surface area contributed by atoms with E-state index in [9.17, 15) is 18.0 Å². The van der Waals surface area contributed by atoms with Gasteiger partial charge in [-0.15, -0.1) is 0 Å². The lowest BCUT2D eigenvalue weighted by molar-refractivity contribution is -0.140. The zero-order chi connectivity index (χ0) is 30.3. The molecule has 3 aromatic rings. The Morgan fingerprint density at radius 3 is 2.19 bits per heavy atom. The van der Waals surface area contributed by atoms with Gasteiger partial charge in [0.25, 0.3) is 10.0 Å². The fourth-order valence-corrected chi connectivity index (χ4v) is 7.10. The SMILES string of the molecule is CCC(C(=O)NC1CCCCC1)N(Cc1ccc(Cl)cc1)C(=O)CN(c1ccccc1Cl)S(=O)(=O)c1ccc(C)cc1. The monoisotopic (exact) mass is 629 g/mol. The van der Waals surface area contributed by atoms with Crippen LogP contribution in [0.3, 0.4) is 0 Å². The Hall–Kier alpha value is -3.07. The van der Waals surface area contributed by atoms with E-state index in [1.807, 2.05) is 13.8 Å². The second kappa shape index (κ2) is 14.4. The lowest BCUT2D eigenvalue weighted by atomic mass is 9.95. The van der Waals surface area contributed by atoms with Crippen molar-refractivity contribution in [3.05, 3.63) is 94.0 Å². The first-order chi connectivity index (χ1) is 20.1. The van der Waals surface area contributed by atoms with Gasteiger partial charge in [-0.3, -0.25) is 13.9 Å². The summed E-state index contributed by atoms with van der Waals surface area (Å²) in [4.78, 5) is 29.3. The number of sulfonamides is 1. The van der Waals surface area contributed by atoms with Gasteiger partial charge in [0.1, 0.15) is 12.6 Å². The van der Waals surface area contributed by atoms with E-state index in [0.29, 0.717) is 11.4 Å². The third-order valence-electron chi connectivity index (χ3n) is 7.61. The summed E-state index contributed by atoms with van der Waals surface area (Å²) in [5.74, 6) is -0.761. The maximum Gasteiger partial charge on any atom is 0.264 e. The molecule has 2 amide bonds. The van der Waals surface area contributed by atoms with E-state index in [2.05, 4.69) is 5.32 Å². The van der Waals surface area contributed by atoms with Crippen molar-refractivity contribution in [2.24, 2.45) is 0 Å². The lowest BCUT2D eigenvalue weighted by Crippen LogP contribution is -2.54. The smallest absolute Gasteiger partial charge is 0.264 e. The van der Waals surface area contributed by atoms with Crippen LogP contribution in [0.5, 0.6) is 0 Å². The molecule has 0 spiro atoms. The molecule has 0 aromatic heterocycles. The molecule has 224 valence electrons. The van der Waals surface area contributed by atoms with Gasteiger partial charge < -0.3 is 10.2 Å². The Balaban J connectivity index is 1.71. The molecule has 0 heterocycles. The average Bonchev–Trinajstić information content (AvgIpc) is 2.98. The highest BCUT2D eigenvalue weighted by Crippen LogP contribution is 2.31. The topological polar surface area (TPSA) is 86.8 Å². The lowest BCUT2D eigenvalue weighted by Gasteiger charge is -2.34. The first-order valence-electron chi connectivity index (χ1n) is 14.3. The molecule has 42 heavy (non-hydrogen) atoms. The molecule has 1 atom stereocenters. The van der Waals surface area contributed by atoms with Gasteiger partial charge >= 0.3 is 0 Å². The van der Waals surface area contributed by atoms with Crippen molar-refractivity contribution < 1.29 is 18.0 Å². The second-order valence-electron chi connectivity index (χ2n) is 10.7. The number of halogens is 2. The summed E-state index contributed by atoms with van der Waals surface area (Å²) in [5.41, 5.74) is 1.85. The number of benzene rings is 3. The summed E-state index contributed by atoms with van der Waals surface area (Å²) >= 11 is 12.6. The van der Waals surface area contributed by atoms with E-state index in [1.54, 1.807) is 60.7 Å². The quantitative estimate of drug-likeness (QED) is 0.254. The van der Waals surface area contributed by atoms with E-state index < -0.39 is 28.5 Å². The molecule has 0 aliphatic heterocycles. The van der Waals surface area contributed by atoms with E-state index in [1.165, 1.54) is 17.0 Å². The Kier molecular flexibility index (Phi) is 10.9. The molecule has 0 bridgehead atoms. The Morgan fingerprint density at radius 2 is 1.57 bits per heavy atom. The van der Waals surface area contributed by atoms with Crippen LogP contribution in [0, 0.1) is 6.92 Å². The molecule has 0 radical (unpaired) electrons. The van der Waals surface area contributed by atoms with Crippen LogP contribution in [0.15, 0.2) is 77.7 Å². The molecule has 7 nitrogen and oxygen atoms in total. The molecule has 4 rings (SSSR count). The molecule has 1 aliphatic carbocycles. The van der Waals surface area contributed by atoms with Gasteiger partial charge in [-0.25, -0.2) is 8.42 Å². The van der Waals surface area contributed by atoms with Crippen LogP contribution >= 0.6 is 23.2 Å². The number of rotatable bonds is 11. The van der Waals surface area contributed by atoms with E-state index >= 15 is 0 Å². The summed E-state index contributed by atoms with van der Waals surface area (Å²) in [7, 11) is -4.19. The van der Waals surface area contributed by atoms with Gasteiger partial charge in [-0.2, -0.15) is 0 Å². The van der Waals surface area contributed by atoms with Crippen LogP contribution < -0.4 is 9.62 Å². The van der Waals surface area contributed by atoms with E-state index in [0.717, 1.165) is 47.5 Å². The number of nitrogens with zero attached hydrogens (tertiary/aromatic N) is 2. The maximum absolute atomic E-state index is 14.2. The summed E-state index contributed by atoms with van der Waals surface area (Å²) < 4.78 is 29.0. The van der Waals surface area contributed by atoms with Crippen LogP contribution in [0.2, 0.25) is 10.0 Å². The van der Waals surface area contributed by atoms with Gasteiger partial charge in [-0.1, -0.05) is 91.3 Å². The van der Waals surface area contributed by atoms with Crippen molar-refractivity contribution in [2.45, 2.75) is 75.9 Å². The molecule has 1 fully saturated rings. The van der Waals surface area contributed by atoms with E-state index in [4.69, 9.17) is 23.2 Å². The third-order valence-corrected chi connectivity index (χ3v) is 9.96. The number of carbonyl (C=O) groups is 2. The van der Waals surface area contributed by atoms with Crippen molar-refractivity contribution >= 4 is 50.7 Å². The zero-order valence-corrected chi connectivity index (χ0v) is 26.3. The summed E-state index contributed by atoms with van der Waals surface area (Å²) in [6, 6.07) is 19.2. The minimum atomic E-state index is -4.19. The molecule has 3 aromatic carbocycles. The highest BCUT2D eigenvalue weighted by atomic mass is 35.5. The molecule has 10 heteroatoms. The number of amides is 2. The largest absolute Gasteiger partial charge is 0.352 e. The van der Waals surface area contributed by atoms with Gasteiger partial charge in [0.05, 0.1) is 15.6 Å². The Morgan fingerprint density at radius 1 is 0.929 bits per heavy atom. The van der Waals surface area contributed by atoms with Crippen molar-refractivity contribution in [1.82, 2.24) is 10.2 Å². The Labute approximate surface area is 258 Å². The summed E-state index contributed by atoms with van der Waals surface area (Å²) in [6.45, 7) is 3.28. The van der Waals surface area contributed by atoms with Gasteiger partial charge in [0.2, 0.25) is 11.8 Å². The first-order valence-corrected chi connectivity index (χ1v) is 16.5. The number of carbonyl (C=O) groups excluding carboxylic acids is 2. The van der Waals surface area contributed by atoms with Crippen molar-refractivity contribution in [2.75, 3.05) is 10.8 Å². The zero-order valence-electron chi connectivity index (χ0n) is 23.9. The number of hydrogen-bond donors (Lipinski definition) is 1. The van der Waals surface area contributed by atoms with Crippen LogP contribution in [0.25, 0.3) is 0 Å². The van der Waals surface area contributed by atoms with Crippen molar-refractivity contribution in [1.29, 1.82) is 0 Å². The normalized spacial score (nSPS) is 14.7. The number of hydrogen-bond acceptors (Lipinski definition) is 4. The fourth-order valence-electron chi connectivity index (χ4n) is 5.26. The van der Waals surface area contributed by atoms with Crippen molar-refractivity contribution in [3.63, 3.8) is 0 Å².